The van der Waals surface area contributed by atoms with E-state index in [1.54, 1.807) is 6.20 Å². The molecule has 1 aromatic heterocycles. The van der Waals surface area contributed by atoms with Crippen LogP contribution in [-0.2, 0) is 0 Å². The van der Waals surface area contributed by atoms with E-state index in [2.05, 4.69) is 41.8 Å². The summed E-state index contributed by atoms with van der Waals surface area (Å²) in [5.41, 5.74) is 1.90. The van der Waals surface area contributed by atoms with Crippen molar-refractivity contribution in [2.24, 2.45) is 5.92 Å². The first-order chi connectivity index (χ1) is 10.5. The Hall–Kier alpha value is -1.62. The third-order valence-electron chi connectivity index (χ3n) is 4.74. The molecule has 1 fully saturated rings. The highest BCUT2D eigenvalue weighted by atomic mass is 16.2. The maximum absolute atomic E-state index is 12.7. The van der Waals surface area contributed by atoms with Crippen LogP contribution >= 0.6 is 0 Å². The minimum atomic E-state index is 0.0750. The first-order valence-corrected chi connectivity index (χ1v) is 8.23. The zero-order valence-corrected chi connectivity index (χ0v) is 13.8. The standard InChI is InChI=1S/C17H26N4O/c1-12-8-13(2)11-21(10-12)17(22)15-9-18-16(19-15)14-4-6-20(3)7-5-14/h8-9,12,14H,4-7,10-11H2,1-3H3,(H,18,19). The second kappa shape index (κ2) is 6.24. The van der Waals surface area contributed by atoms with E-state index in [9.17, 15) is 4.79 Å². The monoisotopic (exact) mass is 302 g/mol. The number of H-pyrrole nitrogens is 1. The van der Waals surface area contributed by atoms with Crippen molar-refractivity contribution in [3.63, 3.8) is 0 Å². The van der Waals surface area contributed by atoms with Crippen molar-refractivity contribution in [2.45, 2.75) is 32.6 Å². The summed E-state index contributed by atoms with van der Waals surface area (Å²) in [5.74, 6) is 1.94. The number of aromatic amines is 1. The van der Waals surface area contributed by atoms with Gasteiger partial charge in [-0.2, -0.15) is 0 Å². The van der Waals surface area contributed by atoms with Crippen LogP contribution in [0.25, 0.3) is 0 Å². The molecule has 1 atom stereocenters. The normalized spacial score (nSPS) is 24.4. The van der Waals surface area contributed by atoms with Crippen LogP contribution in [0.2, 0.25) is 0 Å². The summed E-state index contributed by atoms with van der Waals surface area (Å²) in [5, 5.41) is 0. The molecule has 0 spiro atoms. The number of nitrogens with one attached hydrogen (secondary N) is 1. The molecule has 0 saturated carbocycles. The minimum Gasteiger partial charge on any atom is -0.338 e. The van der Waals surface area contributed by atoms with E-state index in [0.29, 0.717) is 17.5 Å². The van der Waals surface area contributed by atoms with Crippen LogP contribution in [0.3, 0.4) is 0 Å². The Kier molecular flexibility index (Phi) is 4.34. The second-order valence-corrected chi connectivity index (χ2v) is 6.94. The van der Waals surface area contributed by atoms with Gasteiger partial charge in [0.2, 0.25) is 0 Å². The zero-order chi connectivity index (χ0) is 15.7. The summed E-state index contributed by atoms with van der Waals surface area (Å²) in [6.45, 7) is 7.96. The molecule has 2 aliphatic heterocycles. The van der Waals surface area contributed by atoms with Gasteiger partial charge in [0.1, 0.15) is 11.5 Å². The number of amides is 1. The lowest BCUT2D eigenvalue weighted by Gasteiger charge is -2.29. The summed E-state index contributed by atoms with van der Waals surface area (Å²) >= 11 is 0. The molecule has 0 radical (unpaired) electrons. The Morgan fingerprint density at radius 2 is 2.09 bits per heavy atom. The maximum atomic E-state index is 12.7. The first-order valence-electron chi connectivity index (χ1n) is 8.23. The van der Waals surface area contributed by atoms with E-state index in [1.165, 1.54) is 5.57 Å². The fraction of sp³-hybridized carbons (Fsp3) is 0.647. The largest absolute Gasteiger partial charge is 0.338 e. The SMILES string of the molecule is CC1=CC(C)CN(C(=O)c2cnc(C3CCN(C)CC3)[nH]2)C1. The Labute approximate surface area is 132 Å². The van der Waals surface area contributed by atoms with Gasteiger partial charge in [-0.25, -0.2) is 4.98 Å². The molecule has 120 valence electrons. The Bertz CT molecular complexity index is 569. The predicted molar refractivity (Wildman–Crippen MR) is 86.9 cm³/mol. The molecule has 22 heavy (non-hydrogen) atoms. The van der Waals surface area contributed by atoms with Gasteiger partial charge in [0.15, 0.2) is 0 Å². The Morgan fingerprint density at radius 3 is 2.77 bits per heavy atom. The van der Waals surface area contributed by atoms with E-state index >= 15 is 0 Å². The lowest BCUT2D eigenvalue weighted by atomic mass is 9.96. The van der Waals surface area contributed by atoms with Crippen molar-refractivity contribution in [3.8, 4) is 0 Å². The molecular formula is C17H26N4O. The Morgan fingerprint density at radius 1 is 1.36 bits per heavy atom. The molecule has 0 bridgehead atoms. The fourth-order valence-corrected chi connectivity index (χ4v) is 3.56. The second-order valence-electron chi connectivity index (χ2n) is 6.94. The smallest absolute Gasteiger partial charge is 0.272 e. The third kappa shape index (κ3) is 3.24. The van der Waals surface area contributed by atoms with E-state index in [1.807, 2.05) is 4.90 Å². The van der Waals surface area contributed by atoms with Crippen LogP contribution in [-0.4, -0.2) is 58.9 Å². The predicted octanol–water partition coefficient (Wildman–Crippen LogP) is 2.26. The number of aromatic nitrogens is 2. The quantitative estimate of drug-likeness (QED) is 0.853. The number of carbonyl (C=O) groups excluding carboxylic acids is 1. The van der Waals surface area contributed by atoms with Crippen LogP contribution < -0.4 is 0 Å². The first kappa shape index (κ1) is 15.3. The molecule has 1 aromatic rings. The number of nitrogens with zero attached hydrogens (tertiary/aromatic N) is 3. The maximum Gasteiger partial charge on any atom is 0.272 e. The molecule has 1 saturated heterocycles. The van der Waals surface area contributed by atoms with Gasteiger partial charge in [0.05, 0.1) is 6.20 Å². The van der Waals surface area contributed by atoms with Crippen LogP contribution in [0, 0.1) is 5.92 Å². The van der Waals surface area contributed by atoms with Crippen LogP contribution in [0.5, 0.6) is 0 Å². The molecule has 3 heterocycles. The van der Waals surface area contributed by atoms with Gasteiger partial charge in [-0.15, -0.1) is 0 Å². The molecule has 1 unspecified atom stereocenters. The van der Waals surface area contributed by atoms with E-state index in [4.69, 9.17) is 0 Å². The average Bonchev–Trinajstić information content (AvgIpc) is 2.96. The molecule has 0 aliphatic carbocycles. The fourth-order valence-electron chi connectivity index (χ4n) is 3.56. The van der Waals surface area contributed by atoms with Crippen molar-refractivity contribution >= 4 is 5.91 Å². The van der Waals surface area contributed by atoms with E-state index in [-0.39, 0.29) is 5.91 Å². The van der Waals surface area contributed by atoms with Gasteiger partial charge in [0.25, 0.3) is 5.91 Å². The summed E-state index contributed by atoms with van der Waals surface area (Å²) in [6.07, 6.45) is 6.19. The summed E-state index contributed by atoms with van der Waals surface area (Å²) < 4.78 is 0. The third-order valence-corrected chi connectivity index (χ3v) is 4.74. The lowest BCUT2D eigenvalue weighted by Crippen LogP contribution is -2.38. The molecule has 3 rings (SSSR count). The number of likely N-dealkylation sites (tertiary alicyclic amines) is 1. The highest BCUT2D eigenvalue weighted by molar-refractivity contribution is 5.92. The van der Waals surface area contributed by atoms with Gasteiger partial charge < -0.3 is 14.8 Å². The number of hydrogen-bond donors (Lipinski definition) is 1. The molecule has 5 heteroatoms. The lowest BCUT2D eigenvalue weighted by molar-refractivity contribution is 0.0741. The topological polar surface area (TPSA) is 52.2 Å². The molecular weight excluding hydrogens is 276 g/mol. The van der Waals surface area contributed by atoms with Gasteiger partial charge in [-0.05, 0) is 45.8 Å². The summed E-state index contributed by atoms with van der Waals surface area (Å²) in [6, 6.07) is 0. The van der Waals surface area contributed by atoms with Crippen molar-refractivity contribution in [2.75, 3.05) is 33.2 Å². The molecule has 1 N–H and O–H groups in total. The van der Waals surface area contributed by atoms with Crippen molar-refractivity contribution < 1.29 is 4.79 Å². The van der Waals surface area contributed by atoms with Gasteiger partial charge in [0, 0.05) is 19.0 Å². The average molecular weight is 302 g/mol. The van der Waals surface area contributed by atoms with Crippen molar-refractivity contribution in [1.82, 2.24) is 19.8 Å². The molecule has 0 aromatic carbocycles. The van der Waals surface area contributed by atoms with Crippen LogP contribution in [0.15, 0.2) is 17.8 Å². The molecule has 2 aliphatic rings. The van der Waals surface area contributed by atoms with E-state index < -0.39 is 0 Å². The van der Waals surface area contributed by atoms with Gasteiger partial charge >= 0.3 is 0 Å². The van der Waals surface area contributed by atoms with Gasteiger partial charge in [-0.3, -0.25) is 4.79 Å². The molecule has 5 nitrogen and oxygen atoms in total. The van der Waals surface area contributed by atoms with Crippen molar-refractivity contribution in [3.05, 3.63) is 29.4 Å². The van der Waals surface area contributed by atoms with Crippen molar-refractivity contribution in [1.29, 1.82) is 0 Å². The number of hydrogen-bond acceptors (Lipinski definition) is 3. The van der Waals surface area contributed by atoms with E-state index in [0.717, 1.165) is 44.8 Å². The van der Waals surface area contributed by atoms with Gasteiger partial charge in [-0.1, -0.05) is 18.6 Å². The summed E-state index contributed by atoms with van der Waals surface area (Å²) in [4.78, 5) is 24.7. The number of piperidine rings is 1. The zero-order valence-electron chi connectivity index (χ0n) is 13.8. The number of carbonyl (C=O) groups is 1. The van der Waals surface area contributed by atoms with Crippen LogP contribution in [0.1, 0.15) is 48.9 Å². The number of rotatable bonds is 2. The van der Waals surface area contributed by atoms with Crippen LogP contribution in [0.4, 0.5) is 0 Å². The minimum absolute atomic E-state index is 0.0750. The highest BCUT2D eigenvalue weighted by Crippen LogP contribution is 2.25. The number of imidazole rings is 1. The Balaban J connectivity index is 1.68. The summed E-state index contributed by atoms with van der Waals surface area (Å²) in [7, 11) is 2.15. The highest BCUT2D eigenvalue weighted by Gasteiger charge is 2.25. The molecule has 1 amide bonds.